The van der Waals surface area contributed by atoms with Crippen molar-refractivity contribution in [2.75, 3.05) is 40.4 Å². The van der Waals surface area contributed by atoms with Crippen molar-refractivity contribution in [1.29, 1.82) is 0 Å². The Morgan fingerprint density at radius 2 is 2.04 bits per heavy atom. The van der Waals surface area contributed by atoms with Gasteiger partial charge >= 0.3 is 0 Å². The summed E-state index contributed by atoms with van der Waals surface area (Å²) in [6, 6.07) is 9.95. The van der Waals surface area contributed by atoms with Crippen molar-refractivity contribution in [2.24, 2.45) is 11.7 Å². The van der Waals surface area contributed by atoms with Crippen LogP contribution in [0.25, 0.3) is 0 Å². The normalized spacial score (nSPS) is 18.4. The first-order valence-electron chi connectivity index (χ1n) is 7.86. The largest absolute Gasteiger partial charge is 0.383 e. The van der Waals surface area contributed by atoms with Crippen molar-refractivity contribution in [3.63, 3.8) is 0 Å². The molecule has 1 aliphatic rings. The fraction of sp³-hybridized carbons (Fsp3) is 0.588. The average Bonchev–Trinajstić information content (AvgIpc) is 2.94. The number of methoxy groups -OCH3 is 1. The Morgan fingerprint density at radius 1 is 1.38 bits per heavy atom. The lowest BCUT2D eigenvalue weighted by molar-refractivity contribution is -0.132. The van der Waals surface area contributed by atoms with Crippen molar-refractivity contribution in [1.82, 2.24) is 9.80 Å². The van der Waals surface area contributed by atoms with E-state index in [0.717, 1.165) is 32.6 Å². The maximum absolute atomic E-state index is 12.1. The summed E-state index contributed by atoms with van der Waals surface area (Å²) in [7, 11) is 3.39. The summed E-state index contributed by atoms with van der Waals surface area (Å²) in [4.78, 5) is 16.3. The van der Waals surface area contributed by atoms with E-state index in [2.05, 4.69) is 29.2 Å². The SMILES string of the molecule is COCC(N)C(=O)N(C)CC1CCN(Cc2ccccc2)C1.Cl.Cl. The van der Waals surface area contributed by atoms with Gasteiger partial charge in [-0.05, 0) is 24.4 Å². The highest BCUT2D eigenvalue weighted by Gasteiger charge is 2.26. The number of carbonyl (C=O) groups excluding carboxylic acids is 1. The zero-order valence-electron chi connectivity index (χ0n) is 14.4. The van der Waals surface area contributed by atoms with Crippen molar-refractivity contribution in [3.05, 3.63) is 35.9 Å². The standard InChI is InChI=1S/C17H27N3O2.2ClH/c1-19(17(21)16(18)13-22-2)10-15-8-9-20(12-15)11-14-6-4-3-5-7-14;;/h3-7,15-16H,8-13,18H2,1-2H3;2*1H. The first kappa shape index (κ1) is 23.1. The van der Waals surface area contributed by atoms with Gasteiger partial charge in [-0.1, -0.05) is 30.3 Å². The summed E-state index contributed by atoms with van der Waals surface area (Å²) >= 11 is 0. The molecule has 1 aromatic rings. The van der Waals surface area contributed by atoms with Gasteiger partial charge in [0.05, 0.1) is 6.61 Å². The predicted octanol–water partition coefficient (Wildman–Crippen LogP) is 1.78. The van der Waals surface area contributed by atoms with Crippen molar-refractivity contribution in [2.45, 2.75) is 19.0 Å². The molecule has 2 unspecified atom stereocenters. The topological polar surface area (TPSA) is 58.8 Å². The molecule has 1 aliphatic heterocycles. The molecule has 5 nitrogen and oxygen atoms in total. The molecular weight excluding hydrogens is 349 g/mol. The summed E-state index contributed by atoms with van der Waals surface area (Å²) in [6.45, 7) is 4.14. The molecule has 0 bridgehead atoms. The highest BCUT2D eigenvalue weighted by Crippen LogP contribution is 2.19. The number of nitrogens with two attached hydrogens (primary N) is 1. The minimum Gasteiger partial charge on any atom is -0.383 e. The minimum atomic E-state index is -0.558. The van der Waals surface area contributed by atoms with Crippen LogP contribution in [0.15, 0.2) is 30.3 Å². The third-order valence-corrected chi connectivity index (χ3v) is 4.19. The van der Waals surface area contributed by atoms with Crippen molar-refractivity contribution >= 4 is 30.7 Å². The molecule has 138 valence electrons. The number of halogens is 2. The number of likely N-dealkylation sites (tertiary alicyclic amines) is 1. The quantitative estimate of drug-likeness (QED) is 0.786. The van der Waals surface area contributed by atoms with Gasteiger partial charge in [0.25, 0.3) is 0 Å². The Labute approximate surface area is 157 Å². The second-order valence-electron chi connectivity index (χ2n) is 6.16. The Kier molecular flexibility index (Phi) is 11.2. The number of hydrogen-bond acceptors (Lipinski definition) is 4. The lowest BCUT2D eigenvalue weighted by Gasteiger charge is -2.24. The maximum atomic E-state index is 12.1. The number of benzene rings is 1. The smallest absolute Gasteiger partial charge is 0.241 e. The van der Waals surface area contributed by atoms with Crippen LogP contribution in [0.2, 0.25) is 0 Å². The second-order valence-corrected chi connectivity index (χ2v) is 6.16. The van der Waals surface area contributed by atoms with Crippen LogP contribution < -0.4 is 5.73 Å². The summed E-state index contributed by atoms with van der Waals surface area (Å²) in [6.07, 6.45) is 1.13. The van der Waals surface area contributed by atoms with E-state index < -0.39 is 6.04 Å². The van der Waals surface area contributed by atoms with Gasteiger partial charge < -0.3 is 15.4 Å². The molecule has 24 heavy (non-hydrogen) atoms. The Balaban J connectivity index is 0.00000264. The van der Waals surface area contributed by atoms with E-state index in [1.165, 1.54) is 5.56 Å². The van der Waals surface area contributed by atoms with Gasteiger partial charge in [0, 0.05) is 33.8 Å². The molecule has 0 spiro atoms. The summed E-state index contributed by atoms with van der Waals surface area (Å²) in [5.41, 5.74) is 7.15. The molecule has 0 radical (unpaired) electrons. The summed E-state index contributed by atoms with van der Waals surface area (Å²) < 4.78 is 4.95. The Bertz CT molecular complexity index is 476. The van der Waals surface area contributed by atoms with Gasteiger partial charge in [0.15, 0.2) is 0 Å². The third kappa shape index (κ3) is 6.95. The van der Waals surface area contributed by atoms with Crippen LogP contribution in [-0.4, -0.2) is 62.1 Å². The molecular formula is C17H29Cl2N3O2. The Hall–Kier alpha value is -0.850. The highest BCUT2D eigenvalue weighted by atomic mass is 35.5. The maximum Gasteiger partial charge on any atom is 0.241 e. The number of ether oxygens (including phenoxy) is 1. The molecule has 1 fully saturated rings. The molecule has 2 rings (SSSR count). The van der Waals surface area contributed by atoms with E-state index >= 15 is 0 Å². The van der Waals surface area contributed by atoms with Gasteiger partial charge in [0.2, 0.25) is 5.91 Å². The van der Waals surface area contributed by atoms with E-state index in [0.29, 0.717) is 5.92 Å². The lowest BCUT2D eigenvalue weighted by Crippen LogP contribution is -2.46. The van der Waals surface area contributed by atoms with Gasteiger partial charge in [-0.15, -0.1) is 24.8 Å². The molecule has 1 saturated heterocycles. The summed E-state index contributed by atoms with van der Waals surface area (Å²) in [5, 5.41) is 0. The molecule has 1 amide bonds. The van der Waals surface area contributed by atoms with Gasteiger partial charge in [-0.25, -0.2) is 0 Å². The zero-order valence-corrected chi connectivity index (χ0v) is 16.0. The molecule has 7 heteroatoms. The van der Waals surface area contributed by atoms with E-state index in [1.807, 2.05) is 13.1 Å². The average molecular weight is 378 g/mol. The van der Waals surface area contributed by atoms with Crippen LogP contribution >= 0.6 is 24.8 Å². The fourth-order valence-electron chi connectivity index (χ4n) is 3.06. The molecule has 2 atom stereocenters. The van der Waals surface area contributed by atoms with Crippen LogP contribution in [0.5, 0.6) is 0 Å². The number of nitrogens with zero attached hydrogens (tertiary/aromatic N) is 2. The molecule has 1 heterocycles. The van der Waals surface area contributed by atoms with Crippen molar-refractivity contribution < 1.29 is 9.53 Å². The molecule has 0 aliphatic carbocycles. The molecule has 0 saturated carbocycles. The summed E-state index contributed by atoms with van der Waals surface area (Å²) in [5.74, 6) is 0.482. The first-order valence-corrected chi connectivity index (χ1v) is 7.86. The first-order chi connectivity index (χ1) is 10.6. The van der Waals surface area contributed by atoms with E-state index in [-0.39, 0.29) is 37.3 Å². The lowest BCUT2D eigenvalue weighted by atomic mass is 10.1. The third-order valence-electron chi connectivity index (χ3n) is 4.19. The predicted molar refractivity (Wildman–Crippen MR) is 102 cm³/mol. The van der Waals surface area contributed by atoms with Crippen LogP contribution in [0.4, 0.5) is 0 Å². The van der Waals surface area contributed by atoms with Gasteiger partial charge in [-0.2, -0.15) is 0 Å². The van der Waals surface area contributed by atoms with E-state index in [4.69, 9.17) is 10.5 Å². The molecule has 2 N–H and O–H groups in total. The number of likely N-dealkylation sites (N-methyl/N-ethyl adjacent to an activating group) is 1. The van der Waals surface area contributed by atoms with E-state index in [9.17, 15) is 4.79 Å². The minimum absolute atomic E-state index is 0. The number of amides is 1. The van der Waals surface area contributed by atoms with Gasteiger partial charge in [-0.3, -0.25) is 9.69 Å². The molecule has 0 aromatic heterocycles. The van der Waals surface area contributed by atoms with E-state index in [1.54, 1.807) is 12.0 Å². The van der Waals surface area contributed by atoms with Crippen LogP contribution in [0.1, 0.15) is 12.0 Å². The van der Waals surface area contributed by atoms with Gasteiger partial charge in [0.1, 0.15) is 6.04 Å². The molecule has 1 aromatic carbocycles. The fourth-order valence-corrected chi connectivity index (χ4v) is 3.06. The Morgan fingerprint density at radius 3 is 2.67 bits per heavy atom. The zero-order chi connectivity index (χ0) is 15.9. The van der Waals surface area contributed by atoms with Crippen LogP contribution in [0, 0.1) is 5.92 Å². The highest BCUT2D eigenvalue weighted by molar-refractivity contribution is 5.85. The number of hydrogen-bond donors (Lipinski definition) is 1. The van der Waals surface area contributed by atoms with Crippen LogP contribution in [-0.2, 0) is 16.1 Å². The monoisotopic (exact) mass is 377 g/mol. The second kappa shape index (κ2) is 11.7. The van der Waals surface area contributed by atoms with Crippen molar-refractivity contribution in [3.8, 4) is 0 Å². The number of carbonyl (C=O) groups is 1. The number of rotatable bonds is 7. The van der Waals surface area contributed by atoms with Crippen LogP contribution in [0.3, 0.4) is 0 Å².